The fraction of sp³-hybridized carbons (Fsp3) is 0. The molecule has 0 atom stereocenters. The van der Waals surface area contributed by atoms with Crippen molar-refractivity contribution in [1.29, 1.82) is 0 Å². The van der Waals surface area contributed by atoms with E-state index in [1.807, 2.05) is 0 Å². The van der Waals surface area contributed by atoms with Crippen molar-refractivity contribution in [1.82, 2.24) is 0 Å². The van der Waals surface area contributed by atoms with E-state index in [-0.39, 0.29) is 0 Å². The molecular formula is C56H36. The molecule has 0 nitrogen and oxygen atoms in total. The third-order valence-corrected chi connectivity index (χ3v) is 11.6. The molecule has 0 amide bonds. The van der Waals surface area contributed by atoms with Crippen LogP contribution in [0.1, 0.15) is 0 Å². The van der Waals surface area contributed by atoms with Crippen molar-refractivity contribution in [2.24, 2.45) is 0 Å². The van der Waals surface area contributed by atoms with Gasteiger partial charge >= 0.3 is 0 Å². The van der Waals surface area contributed by atoms with E-state index in [0.717, 1.165) is 0 Å². The van der Waals surface area contributed by atoms with Crippen molar-refractivity contribution in [3.8, 4) is 55.6 Å². The van der Waals surface area contributed by atoms with Gasteiger partial charge in [0.1, 0.15) is 0 Å². The zero-order chi connectivity index (χ0) is 37.0. The number of hydrogen-bond donors (Lipinski definition) is 0. The van der Waals surface area contributed by atoms with Gasteiger partial charge in [-0.05, 0) is 134 Å². The minimum absolute atomic E-state index is 1.21. The molecule has 0 saturated carbocycles. The van der Waals surface area contributed by atoms with Crippen LogP contribution in [0.5, 0.6) is 0 Å². The van der Waals surface area contributed by atoms with Gasteiger partial charge in [-0.25, -0.2) is 0 Å². The molecule has 11 rings (SSSR count). The Hall–Kier alpha value is -7.28. The molecule has 56 heavy (non-hydrogen) atoms. The first-order valence-corrected chi connectivity index (χ1v) is 19.4. The molecule has 0 bridgehead atoms. The Labute approximate surface area is 326 Å². The van der Waals surface area contributed by atoms with Crippen molar-refractivity contribution in [3.63, 3.8) is 0 Å². The van der Waals surface area contributed by atoms with Crippen LogP contribution >= 0.6 is 0 Å². The topological polar surface area (TPSA) is 0 Å². The van der Waals surface area contributed by atoms with Gasteiger partial charge in [0, 0.05) is 0 Å². The molecule has 0 heteroatoms. The average Bonchev–Trinajstić information content (AvgIpc) is 3.28. The highest BCUT2D eigenvalue weighted by atomic mass is 14.2. The molecule has 0 heterocycles. The monoisotopic (exact) mass is 708 g/mol. The maximum atomic E-state index is 2.41. The molecule has 0 fully saturated rings. The molecular weight excluding hydrogens is 673 g/mol. The lowest BCUT2D eigenvalue weighted by atomic mass is 9.83. The summed E-state index contributed by atoms with van der Waals surface area (Å²) < 4.78 is 0. The molecule has 0 spiro atoms. The van der Waals surface area contributed by atoms with Gasteiger partial charge in [0.15, 0.2) is 0 Å². The number of hydrogen-bond acceptors (Lipinski definition) is 0. The van der Waals surface area contributed by atoms with E-state index in [2.05, 4.69) is 218 Å². The highest BCUT2D eigenvalue weighted by Crippen LogP contribution is 2.46. The van der Waals surface area contributed by atoms with E-state index in [1.54, 1.807) is 0 Å². The third kappa shape index (κ3) is 5.46. The van der Waals surface area contributed by atoms with Gasteiger partial charge in [0.2, 0.25) is 0 Å². The van der Waals surface area contributed by atoms with Gasteiger partial charge in [-0.15, -0.1) is 0 Å². The van der Waals surface area contributed by atoms with Crippen LogP contribution in [0.15, 0.2) is 218 Å². The van der Waals surface area contributed by atoms with E-state index >= 15 is 0 Å². The molecule has 0 N–H and O–H groups in total. The number of rotatable bonds is 5. The van der Waals surface area contributed by atoms with E-state index in [4.69, 9.17) is 0 Å². The molecule has 0 aromatic heterocycles. The zero-order valence-corrected chi connectivity index (χ0v) is 30.8. The first-order chi connectivity index (χ1) is 27.7. The minimum atomic E-state index is 1.21. The molecule has 0 aliphatic rings. The summed E-state index contributed by atoms with van der Waals surface area (Å²) in [4.78, 5) is 0. The van der Waals surface area contributed by atoms with Crippen molar-refractivity contribution < 1.29 is 0 Å². The van der Waals surface area contributed by atoms with Crippen molar-refractivity contribution in [2.45, 2.75) is 0 Å². The Balaban J connectivity index is 1.17. The molecule has 0 aliphatic heterocycles. The summed E-state index contributed by atoms with van der Waals surface area (Å²) in [6.07, 6.45) is 0. The van der Waals surface area contributed by atoms with Crippen molar-refractivity contribution in [3.05, 3.63) is 218 Å². The van der Waals surface area contributed by atoms with Crippen LogP contribution in [-0.2, 0) is 0 Å². The fourth-order valence-electron chi connectivity index (χ4n) is 8.83. The zero-order valence-electron chi connectivity index (χ0n) is 30.8. The molecule has 0 radical (unpaired) electrons. The fourth-order valence-corrected chi connectivity index (χ4v) is 8.83. The van der Waals surface area contributed by atoms with Gasteiger partial charge in [-0.2, -0.15) is 0 Å². The Morgan fingerprint density at radius 3 is 1.20 bits per heavy atom. The first kappa shape index (κ1) is 32.2. The summed E-state index contributed by atoms with van der Waals surface area (Å²) in [6.45, 7) is 0. The second kappa shape index (κ2) is 13.2. The lowest BCUT2D eigenvalue weighted by Gasteiger charge is -2.20. The maximum Gasteiger partial charge on any atom is -0.00259 e. The highest BCUT2D eigenvalue weighted by molar-refractivity contribution is 6.23. The Morgan fingerprint density at radius 2 is 0.554 bits per heavy atom. The highest BCUT2D eigenvalue weighted by Gasteiger charge is 2.19. The summed E-state index contributed by atoms with van der Waals surface area (Å²) in [5, 5.41) is 12.6. The normalized spacial score (nSPS) is 11.6. The summed E-state index contributed by atoms with van der Waals surface area (Å²) in [7, 11) is 0. The molecule has 11 aromatic carbocycles. The van der Waals surface area contributed by atoms with Crippen LogP contribution in [0.3, 0.4) is 0 Å². The summed E-state index contributed by atoms with van der Waals surface area (Å²) >= 11 is 0. The van der Waals surface area contributed by atoms with Crippen LogP contribution in [0.2, 0.25) is 0 Å². The predicted molar refractivity (Wildman–Crippen MR) is 241 cm³/mol. The Bertz CT molecular complexity index is 3260. The molecule has 0 saturated heterocycles. The van der Waals surface area contributed by atoms with Gasteiger partial charge in [0.25, 0.3) is 0 Å². The van der Waals surface area contributed by atoms with Crippen LogP contribution in [0.25, 0.3) is 109 Å². The van der Waals surface area contributed by atoms with E-state index in [1.165, 1.54) is 109 Å². The second-order valence-electron chi connectivity index (χ2n) is 14.9. The second-order valence-corrected chi connectivity index (χ2v) is 14.9. The summed E-state index contributed by atoms with van der Waals surface area (Å²) in [5.74, 6) is 0. The minimum Gasteiger partial charge on any atom is -0.0622 e. The van der Waals surface area contributed by atoms with Crippen molar-refractivity contribution >= 4 is 53.9 Å². The number of fused-ring (bicyclic) bond motifs is 6. The van der Waals surface area contributed by atoms with Gasteiger partial charge in [-0.1, -0.05) is 194 Å². The van der Waals surface area contributed by atoms with Crippen molar-refractivity contribution in [2.75, 3.05) is 0 Å². The number of benzene rings is 11. The van der Waals surface area contributed by atoms with Crippen LogP contribution in [0.4, 0.5) is 0 Å². The smallest absolute Gasteiger partial charge is 0.00259 e. The maximum absolute atomic E-state index is 2.41. The van der Waals surface area contributed by atoms with E-state index in [9.17, 15) is 0 Å². The SMILES string of the molecule is c1ccc(-c2ccc3c(-c4ccc5ccccc5c4)c4cc(-c5ccccc5)ccc4c(-c4ccc(-c5ccc6ccc7ccccc7c6c5)cc4)c3c2)cc1. The van der Waals surface area contributed by atoms with Crippen LogP contribution < -0.4 is 0 Å². The van der Waals surface area contributed by atoms with Gasteiger partial charge < -0.3 is 0 Å². The Morgan fingerprint density at radius 1 is 0.161 bits per heavy atom. The lowest BCUT2D eigenvalue weighted by Crippen LogP contribution is -1.93. The largest absolute Gasteiger partial charge is 0.0622 e. The summed E-state index contributed by atoms with van der Waals surface area (Å²) in [5.41, 5.74) is 12.2. The average molecular weight is 709 g/mol. The molecule has 0 unspecified atom stereocenters. The summed E-state index contributed by atoms with van der Waals surface area (Å²) in [6, 6.07) is 80.5. The van der Waals surface area contributed by atoms with E-state index < -0.39 is 0 Å². The first-order valence-electron chi connectivity index (χ1n) is 19.4. The van der Waals surface area contributed by atoms with Crippen LogP contribution in [-0.4, -0.2) is 0 Å². The standard InChI is InChI=1S/C56H36/c1-3-11-37(12-4-1)46-30-32-51-53(35-46)55(43-25-19-40(20-26-43)45-27-24-42-23-22-41-16-9-10-18-49(41)52(42)34-45)50-31-29-47(38-13-5-2-6-14-38)36-54(50)56(51)48-28-21-39-15-7-8-17-44(39)33-48/h1-36H. The lowest BCUT2D eigenvalue weighted by molar-refractivity contribution is 1.61. The van der Waals surface area contributed by atoms with Gasteiger partial charge in [-0.3, -0.25) is 0 Å². The predicted octanol–water partition coefficient (Wildman–Crippen LogP) is 15.8. The quantitative estimate of drug-likeness (QED) is 0.123. The molecule has 260 valence electrons. The Kier molecular flexibility index (Phi) is 7.60. The van der Waals surface area contributed by atoms with Gasteiger partial charge in [0.05, 0.1) is 0 Å². The molecule has 11 aromatic rings. The third-order valence-electron chi connectivity index (χ3n) is 11.6. The molecule has 0 aliphatic carbocycles. The van der Waals surface area contributed by atoms with E-state index in [0.29, 0.717) is 0 Å². The van der Waals surface area contributed by atoms with Crippen LogP contribution in [0, 0.1) is 0 Å².